The summed E-state index contributed by atoms with van der Waals surface area (Å²) in [6.07, 6.45) is 0. The lowest BCUT2D eigenvalue weighted by Crippen LogP contribution is -2.36. The van der Waals surface area contributed by atoms with Crippen LogP contribution in [0.15, 0.2) is 66.7 Å². The summed E-state index contributed by atoms with van der Waals surface area (Å²) in [5.74, 6) is -0.697. The van der Waals surface area contributed by atoms with E-state index in [1.807, 2.05) is 17.0 Å². The highest BCUT2D eigenvalue weighted by molar-refractivity contribution is 6.06. The van der Waals surface area contributed by atoms with E-state index in [9.17, 15) is 19.7 Å². The summed E-state index contributed by atoms with van der Waals surface area (Å²) in [6, 6.07) is 18.7. The first-order valence-corrected chi connectivity index (χ1v) is 12.1. The number of hydrogen-bond donors (Lipinski definition) is 2. The average molecular weight is 503 g/mol. The van der Waals surface area contributed by atoms with Gasteiger partial charge in [0.1, 0.15) is 5.69 Å². The Hall–Kier alpha value is -4.24. The predicted molar refractivity (Wildman–Crippen MR) is 144 cm³/mol. The van der Waals surface area contributed by atoms with Gasteiger partial charge in [0.05, 0.1) is 18.1 Å². The maximum Gasteiger partial charge on any atom is 0.293 e. The van der Waals surface area contributed by atoms with E-state index in [1.165, 1.54) is 6.07 Å². The molecule has 0 radical (unpaired) electrons. The molecular formula is C28H30N4O5. The summed E-state index contributed by atoms with van der Waals surface area (Å²) < 4.78 is 5.32. The Kier molecular flexibility index (Phi) is 7.54. The van der Waals surface area contributed by atoms with Crippen molar-refractivity contribution in [2.75, 3.05) is 41.8 Å². The number of morpholine rings is 1. The Morgan fingerprint density at radius 1 is 0.838 bits per heavy atom. The molecule has 3 aromatic rings. The topological polar surface area (TPSA) is 114 Å². The maximum atomic E-state index is 12.8. The van der Waals surface area contributed by atoms with Crippen LogP contribution in [0.5, 0.6) is 0 Å². The minimum Gasteiger partial charge on any atom is -0.378 e. The van der Waals surface area contributed by atoms with Gasteiger partial charge in [-0.25, -0.2) is 0 Å². The van der Waals surface area contributed by atoms with Crippen LogP contribution in [0.2, 0.25) is 0 Å². The SMILES string of the molecule is CC(C)(C)c1ccc(C(=O)Nc2ccc(NC(=O)c3ccc(N4CCOCC4)c([N+](=O)[O-])c3)cc2)cc1. The van der Waals surface area contributed by atoms with Crippen LogP contribution < -0.4 is 15.5 Å². The number of rotatable bonds is 6. The van der Waals surface area contributed by atoms with Crippen LogP contribution in [0.4, 0.5) is 22.7 Å². The van der Waals surface area contributed by atoms with Crippen molar-refractivity contribution in [3.8, 4) is 0 Å². The van der Waals surface area contributed by atoms with Crippen LogP contribution >= 0.6 is 0 Å². The van der Waals surface area contributed by atoms with Gasteiger partial charge in [-0.15, -0.1) is 0 Å². The maximum absolute atomic E-state index is 12.8. The van der Waals surface area contributed by atoms with Crippen molar-refractivity contribution in [2.45, 2.75) is 26.2 Å². The van der Waals surface area contributed by atoms with Crippen molar-refractivity contribution in [2.24, 2.45) is 0 Å². The van der Waals surface area contributed by atoms with Crippen molar-refractivity contribution in [3.05, 3.63) is 93.5 Å². The zero-order valence-electron chi connectivity index (χ0n) is 21.1. The van der Waals surface area contributed by atoms with Crippen LogP contribution in [0.3, 0.4) is 0 Å². The quantitative estimate of drug-likeness (QED) is 0.352. The highest BCUT2D eigenvalue weighted by atomic mass is 16.6. The van der Waals surface area contributed by atoms with Gasteiger partial charge in [-0.3, -0.25) is 19.7 Å². The third-order valence-corrected chi connectivity index (χ3v) is 6.20. The number of anilines is 3. The smallest absolute Gasteiger partial charge is 0.293 e. The second-order valence-electron chi connectivity index (χ2n) is 9.87. The number of nitro groups is 1. The van der Waals surface area contributed by atoms with E-state index in [1.54, 1.807) is 48.5 Å². The molecule has 2 amide bonds. The van der Waals surface area contributed by atoms with Gasteiger partial charge in [0.15, 0.2) is 0 Å². The van der Waals surface area contributed by atoms with Gasteiger partial charge in [-0.2, -0.15) is 0 Å². The number of amides is 2. The molecule has 1 heterocycles. The molecule has 1 saturated heterocycles. The fourth-order valence-corrected chi connectivity index (χ4v) is 4.05. The van der Waals surface area contributed by atoms with E-state index in [2.05, 4.69) is 31.4 Å². The van der Waals surface area contributed by atoms with Crippen LogP contribution in [0.25, 0.3) is 0 Å². The van der Waals surface area contributed by atoms with E-state index in [0.717, 1.165) is 5.56 Å². The number of benzene rings is 3. The van der Waals surface area contributed by atoms with Gasteiger partial charge < -0.3 is 20.3 Å². The number of ether oxygens (including phenoxy) is 1. The molecule has 0 aliphatic carbocycles. The van der Waals surface area contributed by atoms with E-state index < -0.39 is 10.8 Å². The number of carbonyl (C=O) groups is 2. The lowest BCUT2D eigenvalue weighted by Gasteiger charge is -2.28. The number of carbonyl (C=O) groups excluding carboxylic acids is 2. The molecule has 0 atom stereocenters. The molecule has 4 rings (SSSR count). The second kappa shape index (κ2) is 10.8. The first-order valence-electron chi connectivity index (χ1n) is 12.1. The highest BCUT2D eigenvalue weighted by Crippen LogP contribution is 2.30. The summed E-state index contributed by atoms with van der Waals surface area (Å²) in [5.41, 5.74) is 3.30. The summed E-state index contributed by atoms with van der Waals surface area (Å²) in [4.78, 5) is 38.5. The Labute approximate surface area is 215 Å². The first kappa shape index (κ1) is 25.8. The van der Waals surface area contributed by atoms with Crippen molar-refractivity contribution in [3.63, 3.8) is 0 Å². The Balaban J connectivity index is 1.40. The van der Waals surface area contributed by atoms with E-state index in [-0.39, 0.29) is 22.6 Å². The molecule has 37 heavy (non-hydrogen) atoms. The highest BCUT2D eigenvalue weighted by Gasteiger charge is 2.23. The van der Waals surface area contributed by atoms with E-state index >= 15 is 0 Å². The average Bonchev–Trinajstić information content (AvgIpc) is 2.89. The van der Waals surface area contributed by atoms with Crippen molar-refractivity contribution in [1.82, 2.24) is 0 Å². The van der Waals surface area contributed by atoms with Gasteiger partial charge >= 0.3 is 0 Å². The molecule has 3 aromatic carbocycles. The molecule has 9 nitrogen and oxygen atoms in total. The molecule has 0 saturated carbocycles. The molecule has 0 aromatic heterocycles. The zero-order chi connectivity index (χ0) is 26.6. The van der Waals surface area contributed by atoms with Crippen LogP contribution in [0.1, 0.15) is 47.1 Å². The van der Waals surface area contributed by atoms with Crippen LogP contribution in [0, 0.1) is 10.1 Å². The Morgan fingerprint density at radius 2 is 1.35 bits per heavy atom. The van der Waals surface area contributed by atoms with Crippen molar-refractivity contribution in [1.29, 1.82) is 0 Å². The predicted octanol–water partition coefficient (Wildman–Crippen LogP) is 5.23. The van der Waals surface area contributed by atoms with Gasteiger partial charge in [-0.05, 0) is 59.5 Å². The molecule has 9 heteroatoms. The van der Waals surface area contributed by atoms with Gasteiger partial charge in [0.2, 0.25) is 0 Å². The molecule has 1 aliphatic rings. The summed E-state index contributed by atoms with van der Waals surface area (Å²) in [7, 11) is 0. The van der Waals surface area contributed by atoms with Crippen LogP contribution in [-0.4, -0.2) is 43.0 Å². The summed E-state index contributed by atoms with van der Waals surface area (Å²) in [5, 5.41) is 17.3. The number of nitro benzene ring substituents is 1. The largest absolute Gasteiger partial charge is 0.378 e. The Morgan fingerprint density at radius 3 is 1.86 bits per heavy atom. The second-order valence-corrected chi connectivity index (χ2v) is 9.87. The van der Waals surface area contributed by atoms with Crippen molar-refractivity contribution >= 4 is 34.6 Å². The molecule has 0 unspecified atom stereocenters. The fourth-order valence-electron chi connectivity index (χ4n) is 4.05. The minimum atomic E-state index is -0.476. The first-order chi connectivity index (χ1) is 17.6. The molecule has 2 N–H and O–H groups in total. The lowest BCUT2D eigenvalue weighted by atomic mass is 9.87. The van der Waals surface area contributed by atoms with Crippen LogP contribution in [-0.2, 0) is 10.2 Å². The van der Waals surface area contributed by atoms with Gasteiger partial charge in [-0.1, -0.05) is 32.9 Å². The van der Waals surface area contributed by atoms with Gasteiger partial charge in [0, 0.05) is 41.7 Å². The minimum absolute atomic E-state index is 0.00493. The number of nitrogens with zero attached hydrogens (tertiary/aromatic N) is 2. The molecule has 1 fully saturated rings. The lowest BCUT2D eigenvalue weighted by molar-refractivity contribution is -0.384. The molecule has 0 spiro atoms. The standard InChI is InChI=1S/C28H30N4O5/c1-28(2,3)21-7-4-19(5-8-21)26(33)29-22-9-11-23(12-10-22)30-27(34)20-6-13-24(25(18-20)32(35)36)31-14-16-37-17-15-31/h4-13,18H,14-17H2,1-3H3,(H,29,33)(H,30,34). The summed E-state index contributed by atoms with van der Waals surface area (Å²) in [6.45, 7) is 8.45. The molecule has 1 aliphatic heterocycles. The molecular weight excluding hydrogens is 472 g/mol. The van der Waals surface area contributed by atoms with E-state index in [4.69, 9.17) is 4.74 Å². The zero-order valence-corrected chi connectivity index (χ0v) is 21.1. The Bertz CT molecular complexity index is 1290. The third kappa shape index (κ3) is 6.31. The van der Waals surface area contributed by atoms with E-state index in [0.29, 0.717) is 48.9 Å². The van der Waals surface area contributed by atoms with Crippen molar-refractivity contribution < 1.29 is 19.2 Å². The number of hydrogen-bond acceptors (Lipinski definition) is 6. The molecule has 192 valence electrons. The third-order valence-electron chi connectivity index (χ3n) is 6.20. The molecule has 0 bridgehead atoms. The number of nitrogens with one attached hydrogen (secondary N) is 2. The summed E-state index contributed by atoms with van der Waals surface area (Å²) >= 11 is 0. The normalized spacial score (nSPS) is 13.6. The van der Waals surface area contributed by atoms with Gasteiger partial charge in [0.25, 0.3) is 17.5 Å². The fraction of sp³-hybridized carbons (Fsp3) is 0.286. The monoisotopic (exact) mass is 502 g/mol.